The van der Waals surface area contributed by atoms with Crippen LogP contribution >= 0.6 is 0 Å². The predicted molar refractivity (Wildman–Crippen MR) is 133 cm³/mol. The highest BCUT2D eigenvalue weighted by Crippen LogP contribution is 2.77. The van der Waals surface area contributed by atoms with Crippen molar-refractivity contribution in [2.75, 3.05) is 0 Å². The van der Waals surface area contributed by atoms with Crippen molar-refractivity contribution >= 4 is 11.8 Å². The lowest BCUT2D eigenvalue weighted by molar-refractivity contribution is -0.259. The van der Waals surface area contributed by atoms with E-state index in [0.29, 0.717) is 24.0 Å². The molecule has 0 saturated heterocycles. The normalized spacial score (nSPS) is 53.8. The summed E-state index contributed by atoms with van der Waals surface area (Å²) in [6.45, 7) is 17.8. The lowest BCUT2D eigenvalue weighted by Crippen LogP contribution is -2.69. The number of ketones is 1. The predicted octanol–water partition coefficient (Wildman–Crippen LogP) is 6.27. The van der Waals surface area contributed by atoms with Gasteiger partial charge in [-0.2, -0.15) is 0 Å². The van der Waals surface area contributed by atoms with E-state index in [1.807, 2.05) is 0 Å². The molecule has 4 unspecified atom stereocenters. The second-order valence-electron chi connectivity index (χ2n) is 14.4. The summed E-state index contributed by atoms with van der Waals surface area (Å²) in [5.74, 6) is 0.916. The van der Waals surface area contributed by atoms with Crippen molar-refractivity contribution in [3.63, 3.8) is 0 Å². The topological polar surface area (TPSA) is 74.6 Å². The minimum absolute atomic E-state index is 0.00387. The van der Waals surface area contributed by atoms with Crippen LogP contribution in [0.5, 0.6) is 0 Å². The quantitative estimate of drug-likeness (QED) is 0.467. The maximum atomic E-state index is 12.9. The standard InChI is InChI=1S/C30H46O4/c1-17(2)18-10-13-30(25(33)34)15-14-28(6)19(23(18)30)8-9-21-27(5)12-11-22(32)26(3,4)24(27)20(31)16-29(21,28)7/h18-21,23-24,31H,1,8-16H2,2-7H3,(H,33,34)/t18-,19?,20+,21?,23?,24?,27+,28+,29+,30-/m0/s1. The number of carboxylic acids is 1. The van der Waals surface area contributed by atoms with Crippen LogP contribution in [0.15, 0.2) is 12.2 Å². The van der Waals surface area contributed by atoms with Crippen LogP contribution in [0.25, 0.3) is 0 Å². The number of hydrogen-bond acceptors (Lipinski definition) is 3. The number of hydrogen-bond donors (Lipinski definition) is 2. The van der Waals surface area contributed by atoms with Gasteiger partial charge in [-0.25, -0.2) is 0 Å². The summed E-state index contributed by atoms with van der Waals surface area (Å²) in [7, 11) is 0. The number of aliphatic hydroxyl groups is 1. The van der Waals surface area contributed by atoms with Gasteiger partial charge in [0.05, 0.1) is 11.5 Å². The van der Waals surface area contributed by atoms with E-state index in [0.717, 1.165) is 56.9 Å². The number of rotatable bonds is 2. The second-order valence-corrected chi connectivity index (χ2v) is 14.4. The summed E-state index contributed by atoms with van der Waals surface area (Å²) in [6, 6.07) is 0. The van der Waals surface area contributed by atoms with Gasteiger partial charge in [-0.3, -0.25) is 9.59 Å². The number of allylic oxidation sites excluding steroid dienone is 1. The molecule has 0 aliphatic heterocycles. The zero-order chi connectivity index (χ0) is 25.1. The van der Waals surface area contributed by atoms with Gasteiger partial charge in [0.1, 0.15) is 5.78 Å². The number of aliphatic hydroxyl groups excluding tert-OH is 1. The molecule has 0 spiro atoms. The summed E-state index contributed by atoms with van der Waals surface area (Å²) in [5.41, 5.74) is -0.110. The zero-order valence-electron chi connectivity index (χ0n) is 22.2. The maximum absolute atomic E-state index is 12.9. The fourth-order valence-corrected chi connectivity index (χ4v) is 11.5. The Morgan fingerprint density at radius 3 is 2.26 bits per heavy atom. The van der Waals surface area contributed by atoms with Crippen LogP contribution in [0.2, 0.25) is 0 Å². The van der Waals surface area contributed by atoms with E-state index >= 15 is 0 Å². The van der Waals surface area contributed by atoms with Crippen molar-refractivity contribution in [3.8, 4) is 0 Å². The molecule has 0 aromatic heterocycles. The molecule has 190 valence electrons. The Labute approximate surface area is 206 Å². The van der Waals surface area contributed by atoms with E-state index in [2.05, 4.69) is 48.1 Å². The monoisotopic (exact) mass is 470 g/mol. The number of Topliss-reactive ketones (excluding diaryl/α,β-unsaturated/α-hetero) is 1. The Bertz CT molecular complexity index is 936. The van der Waals surface area contributed by atoms with Crippen molar-refractivity contribution in [2.45, 2.75) is 105 Å². The minimum Gasteiger partial charge on any atom is -0.481 e. The van der Waals surface area contributed by atoms with E-state index in [1.54, 1.807) is 0 Å². The van der Waals surface area contributed by atoms with Crippen LogP contribution in [0.1, 0.15) is 99.3 Å². The fraction of sp³-hybridized carbons (Fsp3) is 0.867. The minimum atomic E-state index is -0.615. The first-order valence-electron chi connectivity index (χ1n) is 13.8. The number of carbonyl (C=O) groups is 2. The molecule has 10 atom stereocenters. The third-order valence-electron chi connectivity index (χ3n) is 13.1. The van der Waals surface area contributed by atoms with Crippen molar-refractivity contribution in [3.05, 3.63) is 12.2 Å². The average Bonchev–Trinajstić information content (AvgIpc) is 3.13. The highest BCUT2D eigenvalue weighted by molar-refractivity contribution is 5.85. The molecule has 0 aromatic carbocycles. The molecule has 4 nitrogen and oxygen atoms in total. The highest BCUT2D eigenvalue weighted by atomic mass is 16.4. The van der Waals surface area contributed by atoms with E-state index in [9.17, 15) is 19.8 Å². The van der Waals surface area contributed by atoms with Gasteiger partial charge in [-0.1, -0.05) is 46.8 Å². The van der Waals surface area contributed by atoms with E-state index < -0.39 is 22.9 Å². The van der Waals surface area contributed by atoms with Crippen LogP contribution in [0.4, 0.5) is 0 Å². The fourth-order valence-electron chi connectivity index (χ4n) is 11.5. The second kappa shape index (κ2) is 7.20. The van der Waals surface area contributed by atoms with Gasteiger partial charge >= 0.3 is 5.97 Å². The summed E-state index contributed by atoms with van der Waals surface area (Å²) in [6.07, 6.45) is 7.24. The SMILES string of the molecule is C=C(C)[C@@H]1CC[C@]2(C(=O)O)CC[C@]3(C)C(CCC4[C@@]5(C)CCC(=O)C(C)(C)C5[C@H](O)C[C@]43C)C12. The van der Waals surface area contributed by atoms with Gasteiger partial charge in [0.15, 0.2) is 0 Å². The summed E-state index contributed by atoms with van der Waals surface area (Å²) < 4.78 is 0. The van der Waals surface area contributed by atoms with Gasteiger partial charge in [-0.05, 0) is 98.2 Å². The number of carboxylic acid groups (broad SMARTS) is 1. The molecule has 0 bridgehead atoms. The number of carbonyl (C=O) groups excluding carboxylic acids is 1. The molecule has 0 radical (unpaired) electrons. The van der Waals surface area contributed by atoms with E-state index in [1.165, 1.54) is 0 Å². The molecule has 5 saturated carbocycles. The molecule has 0 aromatic rings. The van der Waals surface area contributed by atoms with Crippen LogP contribution < -0.4 is 0 Å². The van der Waals surface area contributed by atoms with Crippen molar-refractivity contribution in [1.29, 1.82) is 0 Å². The Hall–Kier alpha value is -1.16. The first-order chi connectivity index (χ1) is 15.7. The molecule has 4 heteroatoms. The van der Waals surface area contributed by atoms with Crippen LogP contribution in [-0.2, 0) is 9.59 Å². The van der Waals surface area contributed by atoms with Crippen molar-refractivity contribution < 1.29 is 19.8 Å². The average molecular weight is 471 g/mol. The molecule has 0 amide bonds. The molecule has 5 aliphatic rings. The van der Waals surface area contributed by atoms with Crippen LogP contribution in [0, 0.1) is 56.7 Å². The summed E-state index contributed by atoms with van der Waals surface area (Å²) in [4.78, 5) is 25.7. The lowest BCUT2D eigenvalue weighted by atomic mass is 9.32. The van der Waals surface area contributed by atoms with Gasteiger partial charge in [0.25, 0.3) is 0 Å². The largest absolute Gasteiger partial charge is 0.481 e. The Morgan fingerprint density at radius 1 is 0.971 bits per heavy atom. The maximum Gasteiger partial charge on any atom is 0.309 e. The Balaban J connectivity index is 1.60. The summed E-state index contributed by atoms with van der Waals surface area (Å²) in [5, 5.41) is 22.2. The van der Waals surface area contributed by atoms with Crippen LogP contribution in [-0.4, -0.2) is 28.1 Å². The highest BCUT2D eigenvalue weighted by Gasteiger charge is 2.73. The lowest BCUT2D eigenvalue weighted by Gasteiger charge is -2.72. The zero-order valence-corrected chi connectivity index (χ0v) is 22.2. The van der Waals surface area contributed by atoms with Gasteiger partial charge < -0.3 is 10.2 Å². The number of aliphatic carboxylic acids is 1. The van der Waals surface area contributed by atoms with Gasteiger partial charge in [0, 0.05) is 17.8 Å². The molecule has 5 rings (SSSR count). The molecule has 5 aliphatic carbocycles. The first kappa shape index (κ1) is 24.5. The van der Waals surface area contributed by atoms with E-state index in [4.69, 9.17) is 0 Å². The molecule has 34 heavy (non-hydrogen) atoms. The third kappa shape index (κ3) is 2.70. The van der Waals surface area contributed by atoms with Gasteiger partial charge in [0.2, 0.25) is 0 Å². The van der Waals surface area contributed by atoms with Gasteiger partial charge in [-0.15, -0.1) is 0 Å². The summed E-state index contributed by atoms with van der Waals surface area (Å²) >= 11 is 0. The van der Waals surface area contributed by atoms with E-state index in [-0.39, 0.29) is 34.0 Å². The number of fused-ring (bicyclic) bond motifs is 7. The molecular formula is C30H46O4. The molecule has 0 heterocycles. The molecular weight excluding hydrogens is 424 g/mol. The molecule has 5 fully saturated rings. The van der Waals surface area contributed by atoms with Crippen molar-refractivity contribution in [2.24, 2.45) is 56.7 Å². The van der Waals surface area contributed by atoms with Crippen LogP contribution in [0.3, 0.4) is 0 Å². The smallest absolute Gasteiger partial charge is 0.309 e. The molecule has 2 N–H and O–H groups in total. The Kier molecular flexibility index (Phi) is 5.20. The Morgan fingerprint density at radius 2 is 1.65 bits per heavy atom. The van der Waals surface area contributed by atoms with Crippen molar-refractivity contribution in [1.82, 2.24) is 0 Å². The first-order valence-corrected chi connectivity index (χ1v) is 13.8. The third-order valence-corrected chi connectivity index (χ3v) is 13.1.